The predicted octanol–water partition coefficient (Wildman–Crippen LogP) is 4.24. The highest BCUT2D eigenvalue weighted by atomic mass is 19.1. The summed E-state index contributed by atoms with van der Waals surface area (Å²) < 4.78 is 13.1. The van der Waals surface area contributed by atoms with Crippen LogP contribution in [0.5, 0.6) is 0 Å². The second kappa shape index (κ2) is 6.04. The van der Waals surface area contributed by atoms with Crippen LogP contribution in [0, 0.1) is 11.7 Å². The molecular weight excluding hydrogens is 237 g/mol. The molecule has 2 aliphatic carbocycles. The zero-order valence-electron chi connectivity index (χ0n) is 11.6. The van der Waals surface area contributed by atoms with Crippen LogP contribution in [0.25, 0.3) is 0 Å². The standard InChI is InChI=1S/C17H24FN/c18-15-8-6-13(7-9-15)17-5-3-1-2-4-14(17)12-19-16-10-11-16/h6-9,14,16-17,19H,1-5,10-12H2. The van der Waals surface area contributed by atoms with E-state index in [1.54, 1.807) is 12.1 Å². The van der Waals surface area contributed by atoms with Crippen LogP contribution in [0.1, 0.15) is 56.4 Å². The molecule has 3 rings (SSSR count). The monoisotopic (exact) mass is 261 g/mol. The van der Waals surface area contributed by atoms with E-state index in [4.69, 9.17) is 0 Å². The zero-order valence-corrected chi connectivity index (χ0v) is 11.6. The summed E-state index contributed by atoms with van der Waals surface area (Å²) in [7, 11) is 0. The lowest BCUT2D eigenvalue weighted by Gasteiger charge is -2.26. The average Bonchev–Trinajstić information content (AvgIpc) is 3.24. The Labute approximate surface area is 115 Å². The van der Waals surface area contributed by atoms with E-state index in [1.807, 2.05) is 12.1 Å². The van der Waals surface area contributed by atoms with Crippen molar-refractivity contribution >= 4 is 0 Å². The van der Waals surface area contributed by atoms with E-state index in [0.29, 0.717) is 5.92 Å². The normalized spacial score (nSPS) is 28.1. The van der Waals surface area contributed by atoms with Crippen LogP contribution in [0.15, 0.2) is 24.3 Å². The minimum Gasteiger partial charge on any atom is -0.314 e. The third-order valence-corrected chi connectivity index (χ3v) is 4.70. The molecule has 1 N–H and O–H groups in total. The van der Waals surface area contributed by atoms with Gasteiger partial charge in [0.05, 0.1) is 0 Å². The molecule has 0 amide bonds. The van der Waals surface area contributed by atoms with Crippen molar-refractivity contribution in [1.82, 2.24) is 5.32 Å². The Balaban J connectivity index is 1.70. The summed E-state index contributed by atoms with van der Waals surface area (Å²) in [5.74, 6) is 1.23. The van der Waals surface area contributed by atoms with E-state index in [0.717, 1.165) is 18.5 Å². The minimum absolute atomic E-state index is 0.120. The van der Waals surface area contributed by atoms with Crippen molar-refractivity contribution in [1.29, 1.82) is 0 Å². The van der Waals surface area contributed by atoms with E-state index < -0.39 is 0 Å². The second-order valence-corrected chi connectivity index (χ2v) is 6.24. The smallest absolute Gasteiger partial charge is 0.123 e. The van der Waals surface area contributed by atoms with Crippen LogP contribution in [-0.2, 0) is 0 Å². The first-order valence-electron chi connectivity index (χ1n) is 7.82. The van der Waals surface area contributed by atoms with Gasteiger partial charge >= 0.3 is 0 Å². The van der Waals surface area contributed by atoms with Gasteiger partial charge < -0.3 is 5.32 Å². The topological polar surface area (TPSA) is 12.0 Å². The molecule has 2 aliphatic rings. The second-order valence-electron chi connectivity index (χ2n) is 6.24. The molecule has 0 aliphatic heterocycles. The van der Waals surface area contributed by atoms with Crippen LogP contribution in [0.2, 0.25) is 0 Å². The number of hydrogen-bond acceptors (Lipinski definition) is 1. The van der Waals surface area contributed by atoms with E-state index in [1.165, 1.54) is 50.5 Å². The number of hydrogen-bond donors (Lipinski definition) is 1. The molecule has 2 heteroatoms. The quantitative estimate of drug-likeness (QED) is 0.799. The first-order chi connectivity index (χ1) is 9.33. The highest BCUT2D eigenvalue weighted by Gasteiger charge is 2.28. The molecule has 0 spiro atoms. The fraction of sp³-hybridized carbons (Fsp3) is 0.647. The molecule has 0 heterocycles. The summed E-state index contributed by atoms with van der Waals surface area (Å²) in [6.07, 6.45) is 9.33. The summed E-state index contributed by atoms with van der Waals surface area (Å²) in [6.45, 7) is 1.15. The van der Waals surface area contributed by atoms with Gasteiger partial charge in [-0.15, -0.1) is 0 Å². The fourth-order valence-electron chi connectivity index (χ4n) is 3.38. The van der Waals surface area contributed by atoms with Crippen molar-refractivity contribution in [2.75, 3.05) is 6.54 Å². The molecule has 0 saturated heterocycles. The number of nitrogens with one attached hydrogen (secondary N) is 1. The van der Waals surface area contributed by atoms with Gasteiger partial charge in [0.25, 0.3) is 0 Å². The van der Waals surface area contributed by atoms with Crippen molar-refractivity contribution in [2.24, 2.45) is 5.92 Å². The van der Waals surface area contributed by atoms with Crippen molar-refractivity contribution in [3.63, 3.8) is 0 Å². The van der Waals surface area contributed by atoms with Gasteiger partial charge in [-0.3, -0.25) is 0 Å². The van der Waals surface area contributed by atoms with Gasteiger partial charge in [-0.1, -0.05) is 31.4 Å². The first kappa shape index (κ1) is 13.1. The molecular formula is C17H24FN. The molecule has 104 valence electrons. The maximum Gasteiger partial charge on any atom is 0.123 e. The largest absolute Gasteiger partial charge is 0.314 e. The summed E-state index contributed by atoms with van der Waals surface area (Å²) in [4.78, 5) is 0. The third kappa shape index (κ3) is 3.56. The van der Waals surface area contributed by atoms with E-state index in [2.05, 4.69) is 5.32 Å². The van der Waals surface area contributed by atoms with Crippen molar-refractivity contribution in [3.8, 4) is 0 Å². The lowest BCUT2D eigenvalue weighted by atomic mass is 9.82. The molecule has 1 aromatic carbocycles. The average molecular weight is 261 g/mol. The molecule has 19 heavy (non-hydrogen) atoms. The van der Waals surface area contributed by atoms with Crippen LogP contribution in [0.4, 0.5) is 4.39 Å². The van der Waals surface area contributed by atoms with Gasteiger partial charge in [-0.05, 0) is 61.8 Å². The van der Waals surface area contributed by atoms with Crippen LogP contribution >= 0.6 is 0 Å². The van der Waals surface area contributed by atoms with Crippen molar-refractivity contribution < 1.29 is 4.39 Å². The van der Waals surface area contributed by atoms with E-state index in [-0.39, 0.29) is 5.82 Å². The molecule has 0 bridgehead atoms. The Kier molecular flexibility index (Phi) is 4.17. The molecule has 2 fully saturated rings. The van der Waals surface area contributed by atoms with Crippen LogP contribution in [0.3, 0.4) is 0 Å². The number of rotatable bonds is 4. The van der Waals surface area contributed by atoms with Crippen molar-refractivity contribution in [2.45, 2.75) is 56.9 Å². The third-order valence-electron chi connectivity index (χ3n) is 4.70. The lowest BCUT2D eigenvalue weighted by Crippen LogP contribution is -2.28. The van der Waals surface area contributed by atoms with Gasteiger partial charge in [0.15, 0.2) is 0 Å². The number of benzene rings is 1. The SMILES string of the molecule is Fc1ccc(C2CCCCCC2CNC2CC2)cc1. The zero-order chi connectivity index (χ0) is 13.1. The summed E-state index contributed by atoms with van der Waals surface area (Å²) in [5.41, 5.74) is 1.34. The highest BCUT2D eigenvalue weighted by molar-refractivity contribution is 5.21. The Morgan fingerprint density at radius 3 is 2.42 bits per heavy atom. The van der Waals surface area contributed by atoms with Crippen LogP contribution < -0.4 is 5.32 Å². The number of halogens is 1. The minimum atomic E-state index is -0.120. The predicted molar refractivity (Wildman–Crippen MR) is 76.7 cm³/mol. The van der Waals surface area contributed by atoms with Gasteiger partial charge in [-0.25, -0.2) is 4.39 Å². The van der Waals surface area contributed by atoms with Gasteiger partial charge in [0, 0.05) is 6.04 Å². The molecule has 2 saturated carbocycles. The first-order valence-corrected chi connectivity index (χ1v) is 7.82. The molecule has 2 unspecified atom stereocenters. The van der Waals surface area contributed by atoms with Crippen LogP contribution in [-0.4, -0.2) is 12.6 Å². The fourth-order valence-corrected chi connectivity index (χ4v) is 3.38. The summed E-state index contributed by atoms with van der Waals surface area (Å²) >= 11 is 0. The Morgan fingerprint density at radius 1 is 0.947 bits per heavy atom. The van der Waals surface area contributed by atoms with Gasteiger partial charge in [0.2, 0.25) is 0 Å². The maximum atomic E-state index is 13.1. The van der Waals surface area contributed by atoms with Crippen molar-refractivity contribution in [3.05, 3.63) is 35.6 Å². The lowest BCUT2D eigenvalue weighted by molar-refractivity contribution is 0.374. The Bertz CT molecular complexity index is 396. The molecule has 0 radical (unpaired) electrons. The Hall–Kier alpha value is -0.890. The van der Waals surface area contributed by atoms with Gasteiger partial charge in [0.1, 0.15) is 5.82 Å². The highest BCUT2D eigenvalue weighted by Crippen LogP contribution is 2.36. The summed E-state index contributed by atoms with van der Waals surface area (Å²) in [5, 5.41) is 3.69. The van der Waals surface area contributed by atoms with E-state index in [9.17, 15) is 4.39 Å². The molecule has 2 atom stereocenters. The molecule has 0 aromatic heterocycles. The Morgan fingerprint density at radius 2 is 1.68 bits per heavy atom. The van der Waals surface area contributed by atoms with E-state index >= 15 is 0 Å². The summed E-state index contributed by atoms with van der Waals surface area (Å²) in [6, 6.07) is 8.01. The maximum absolute atomic E-state index is 13.1. The molecule has 1 aromatic rings. The molecule has 1 nitrogen and oxygen atoms in total. The van der Waals surface area contributed by atoms with Gasteiger partial charge in [-0.2, -0.15) is 0 Å².